The molecular formula is C28H18F4N2O2Pt. The summed E-state index contributed by atoms with van der Waals surface area (Å²) in [4.78, 5) is 8.95. The van der Waals surface area contributed by atoms with E-state index >= 15 is 0 Å². The molecule has 4 rings (SSSR count). The van der Waals surface area contributed by atoms with Crippen molar-refractivity contribution in [3.63, 3.8) is 0 Å². The second-order valence-corrected chi connectivity index (χ2v) is 7.91. The van der Waals surface area contributed by atoms with E-state index in [2.05, 4.69) is 9.98 Å². The van der Waals surface area contributed by atoms with Crippen molar-refractivity contribution in [3.8, 4) is 11.5 Å². The van der Waals surface area contributed by atoms with E-state index in [4.69, 9.17) is 0 Å². The molecule has 37 heavy (non-hydrogen) atoms. The van der Waals surface area contributed by atoms with Crippen LogP contribution in [0.15, 0.2) is 94.9 Å². The van der Waals surface area contributed by atoms with Crippen LogP contribution >= 0.6 is 0 Å². The Morgan fingerprint density at radius 3 is 1.19 bits per heavy atom. The van der Waals surface area contributed by atoms with Gasteiger partial charge in [-0.2, -0.15) is 0 Å². The third-order valence-corrected chi connectivity index (χ3v) is 5.41. The monoisotopic (exact) mass is 685 g/mol. The predicted octanol–water partition coefficient (Wildman–Crippen LogP) is 5.41. The van der Waals surface area contributed by atoms with Crippen LogP contribution in [0.5, 0.6) is 11.5 Å². The minimum atomic E-state index is -0.904. The quantitative estimate of drug-likeness (QED) is 0.193. The fourth-order valence-electron chi connectivity index (χ4n) is 3.58. The van der Waals surface area contributed by atoms with Gasteiger partial charge in [0.15, 0.2) is 0 Å². The van der Waals surface area contributed by atoms with Crippen molar-refractivity contribution in [2.75, 3.05) is 0 Å². The van der Waals surface area contributed by atoms with Crippen molar-refractivity contribution < 1.29 is 48.8 Å². The first-order chi connectivity index (χ1) is 17.3. The molecular weight excluding hydrogens is 667 g/mol. The van der Waals surface area contributed by atoms with Gasteiger partial charge in [-0.3, -0.25) is 9.98 Å². The largest absolute Gasteiger partial charge is 2.00 e. The molecule has 0 saturated carbocycles. The SMILES string of the molecule is [O-]c1ccc(F)cc1C=NC(c1ccc(F)cc1)C(N=Cc1cc(F)ccc1[O-])c1ccc(F)cc1.[Pt+2]. The van der Waals surface area contributed by atoms with Crippen LogP contribution in [0.4, 0.5) is 17.6 Å². The van der Waals surface area contributed by atoms with Gasteiger partial charge in [0.25, 0.3) is 0 Å². The Balaban J connectivity index is 0.00000380. The van der Waals surface area contributed by atoms with Gasteiger partial charge in [-0.15, -0.1) is 0 Å². The van der Waals surface area contributed by atoms with Crippen LogP contribution in [0.2, 0.25) is 0 Å². The molecule has 0 heterocycles. The van der Waals surface area contributed by atoms with Gasteiger partial charge in [-0.25, -0.2) is 17.6 Å². The van der Waals surface area contributed by atoms with Gasteiger partial charge < -0.3 is 10.2 Å². The van der Waals surface area contributed by atoms with Crippen LogP contribution in [0.3, 0.4) is 0 Å². The van der Waals surface area contributed by atoms with Crippen LogP contribution in [0, 0.1) is 23.3 Å². The molecule has 0 aliphatic heterocycles. The maximum Gasteiger partial charge on any atom is 2.00 e. The molecule has 190 valence electrons. The van der Waals surface area contributed by atoms with E-state index in [0.717, 1.165) is 36.4 Å². The molecule has 0 amide bonds. The van der Waals surface area contributed by atoms with Gasteiger partial charge in [0.05, 0.1) is 0 Å². The zero-order chi connectivity index (χ0) is 25.7. The number of nitrogens with zero attached hydrogens (tertiary/aromatic N) is 2. The molecule has 0 N–H and O–H groups in total. The average molecular weight is 686 g/mol. The summed E-state index contributed by atoms with van der Waals surface area (Å²) in [7, 11) is 0. The van der Waals surface area contributed by atoms with Gasteiger partial charge in [-0.05, 0) is 70.8 Å². The molecule has 9 heteroatoms. The van der Waals surface area contributed by atoms with Gasteiger partial charge in [0, 0.05) is 12.4 Å². The Morgan fingerprint density at radius 2 is 0.838 bits per heavy atom. The van der Waals surface area contributed by atoms with E-state index in [-0.39, 0.29) is 32.2 Å². The van der Waals surface area contributed by atoms with Crippen molar-refractivity contribution in [1.82, 2.24) is 0 Å². The standard InChI is InChI=1S/C28H20F4N2O2.Pt/c29-21-5-1-17(2-6-21)27(33-15-19-13-23(31)9-11-25(19)35)28(18-3-7-22(30)8-4-18)34-16-20-14-24(32)10-12-26(20)36;/h1-16,27-28,35-36H;/q;+2/p-2. The van der Waals surface area contributed by atoms with Crippen LogP contribution in [-0.4, -0.2) is 12.4 Å². The molecule has 0 bridgehead atoms. The molecule has 0 saturated heterocycles. The summed E-state index contributed by atoms with van der Waals surface area (Å²) in [5, 5.41) is 24.3. The van der Waals surface area contributed by atoms with Gasteiger partial charge >= 0.3 is 21.1 Å². The maximum atomic E-state index is 13.7. The van der Waals surface area contributed by atoms with Crippen molar-refractivity contribution in [1.29, 1.82) is 0 Å². The van der Waals surface area contributed by atoms with E-state index in [9.17, 15) is 27.8 Å². The fraction of sp³-hybridized carbons (Fsp3) is 0.0714. The summed E-state index contributed by atoms with van der Waals surface area (Å²) < 4.78 is 54.7. The van der Waals surface area contributed by atoms with Crippen LogP contribution in [0.25, 0.3) is 0 Å². The Kier molecular flexibility index (Phi) is 9.36. The molecule has 2 unspecified atom stereocenters. The first-order valence-electron chi connectivity index (χ1n) is 10.8. The molecule has 0 aliphatic rings. The smallest absolute Gasteiger partial charge is 0.872 e. The second-order valence-electron chi connectivity index (χ2n) is 7.91. The van der Waals surface area contributed by atoms with Gasteiger partial charge in [0.1, 0.15) is 35.4 Å². The van der Waals surface area contributed by atoms with E-state index in [1.807, 2.05) is 0 Å². The molecule has 2 atom stereocenters. The van der Waals surface area contributed by atoms with Crippen LogP contribution < -0.4 is 10.2 Å². The molecule has 4 aromatic carbocycles. The molecule has 0 radical (unpaired) electrons. The Hall–Kier alpha value is -3.77. The summed E-state index contributed by atoms with van der Waals surface area (Å²) >= 11 is 0. The second kappa shape index (κ2) is 12.5. The van der Waals surface area contributed by atoms with Crippen LogP contribution in [0.1, 0.15) is 34.3 Å². The minimum absolute atomic E-state index is 0. The van der Waals surface area contributed by atoms with Crippen molar-refractivity contribution in [2.45, 2.75) is 12.1 Å². The third-order valence-electron chi connectivity index (χ3n) is 5.41. The van der Waals surface area contributed by atoms with Gasteiger partial charge in [-0.1, -0.05) is 47.9 Å². The average Bonchev–Trinajstić information content (AvgIpc) is 2.86. The Bertz CT molecular complexity index is 1300. The normalized spacial score (nSPS) is 13.0. The molecule has 0 fully saturated rings. The first kappa shape index (κ1) is 27.8. The topological polar surface area (TPSA) is 70.8 Å². The number of aliphatic imine (C=N–C) groups is 2. The summed E-state index contributed by atoms with van der Waals surface area (Å²) in [6, 6.07) is 15.2. The zero-order valence-corrected chi connectivity index (χ0v) is 21.2. The van der Waals surface area contributed by atoms with Crippen molar-refractivity contribution in [2.24, 2.45) is 9.98 Å². The van der Waals surface area contributed by atoms with Crippen molar-refractivity contribution in [3.05, 3.63) is 130 Å². The number of rotatable bonds is 7. The predicted molar refractivity (Wildman–Crippen MR) is 125 cm³/mol. The van der Waals surface area contributed by atoms with Crippen molar-refractivity contribution >= 4 is 12.4 Å². The Labute approximate surface area is 224 Å². The summed E-state index contributed by atoms with van der Waals surface area (Å²) in [6.45, 7) is 0. The zero-order valence-electron chi connectivity index (χ0n) is 18.9. The van der Waals surface area contributed by atoms with Gasteiger partial charge in [0.2, 0.25) is 0 Å². The molecule has 0 spiro atoms. The summed E-state index contributed by atoms with van der Waals surface area (Å²) in [5.74, 6) is -3.17. The number of halogens is 4. The summed E-state index contributed by atoms with van der Waals surface area (Å²) in [5.41, 5.74) is 0.918. The molecule has 4 nitrogen and oxygen atoms in total. The van der Waals surface area contributed by atoms with E-state index < -0.39 is 46.9 Å². The molecule has 0 aliphatic carbocycles. The number of hydrogen-bond donors (Lipinski definition) is 0. The van der Waals surface area contributed by atoms with E-state index in [1.54, 1.807) is 0 Å². The maximum absolute atomic E-state index is 13.7. The van der Waals surface area contributed by atoms with E-state index in [0.29, 0.717) is 11.1 Å². The third kappa shape index (κ3) is 7.14. The first-order valence-corrected chi connectivity index (χ1v) is 10.8. The number of benzene rings is 4. The minimum Gasteiger partial charge on any atom is -0.872 e. The Morgan fingerprint density at radius 1 is 0.514 bits per heavy atom. The molecule has 4 aromatic rings. The number of hydrogen-bond acceptors (Lipinski definition) is 4. The molecule has 0 aromatic heterocycles. The van der Waals surface area contributed by atoms with Crippen LogP contribution in [-0.2, 0) is 21.1 Å². The fourth-order valence-corrected chi connectivity index (χ4v) is 3.58. The summed E-state index contributed by atoms with van der Waals surface area (Å²) in [6.07, 6.45) is 2.37. The van der Waals surface area contributed by atoms with E-state index in [1.165, 1.54) is 61.0 Å².